The average molecular weight is 128 g/mol. The number of aliphatic hydroxyl groups is 1. The van der Waals surface area contributed by atoms with Crippen molar-refractivity contribution in [3.8, 4) is 0 Å². The molecule has 0 aromatic carbocycles. The van der Waals surface area contributed by atoms with Crippen LogP contribution in [0.1, 0.15) is 39.0 Å². The summed E-state index contributed by atoms with van der Waals surface area (Å²) in [6.07, 6.45) is 6.37. The largest absolute Gasteiger partial charge is 0.396 e. The second-order valence-electron chi connectivity index (χ2n) is 3.22. The molecule has 0 spiro atoms. The van der Waals surface area contributed by atoms with Gasteiger partial charge in [0.05, 0.1) is 0 Å². The van der Waals surface area contributed by atoms with Gasteiger partial charge in [-0.1, -0.05) is 13.3 Å². The Labute approximate surface area is 57.1 Å². The number of aliphatic hydroxyl groups excluding tert-OH is 1. The molecule has 54 valence electrons. The highest BCUT2D eigenvalue weighted by molar-refractivity contribution is 4.91. The summed E-state index contributed by atoms with van der Waals surface area (Å²) in [5, 5.41) is 8.67. The highest BCUT2D eigenvalue weighted by atomic mass is 16.3. The van der Waals surface area contributed by atoms with Crippen LogP contribution in [-0.2, 0) is 0 Å². The molecule has 0 amide bonds. The maximum Gasteiger partial charge on any atom is 0.0436 e. The molecule has 0 atom stereocenters. The monoisotopic (exact) mass is 128 g/mol. The van der Waals surface area contributed by atoms with Crippen LogP contribution in [0.3, 0.4) is 0 Å². The molecule has 9 heavy (non-hydrogen) atoms. The SMILES string of the molecule is CCCC1(CCO)CC1. The minimum atomic E-state index is 0.389. The van der Waals surface area contributed by atoms with Gasteiger partial charge in [-0.2, -0.15) is 0 Å². The number of rotatable bonds is 4. The Morgan fingerprint density at radius 2 is 2.00 bits per heavy atom. The van der Waals surface area contributed by atoms with E-state index < -0.39 is 0 Å². The lowest BCUT2D eigenvalue weighted by Crippen LogP contribution is -2.01. The van der Waals surface area contributed by atoms with E-state index in [1.807, 2.05) is 0 Å². The minimum absolute atomic E-state index is 0.389. The maximum atomic E-state index is 8.67. The fourth-order valence-corrected chi connectivity index (χ4v) is 1.57. The van der Waals surface area contributed by atoms with Crippen molar-refractivity contribution in [3.63, 3.8) is 0 Å². The van der Waals surface area contributed by atoms with Crippen molar-refractivity contribution in [2.75, 3.05) is 6.61 Å². The van der Waals surface area contributed by atoms with E-state index in [-0.39, 0.29) is 0 Å². The van der Waals surface area contributed by atoms with Crippen LogP contribution < -0.4 is 0 Å². The quantitative estimate of drug-likeness (QED) is 0.613. The van der Waals surface area contributed by atoms with E-state index in [1.54, 1.807) is 0 Å². The highest BCUT2D eigenvalue weighted by Crippen LogP contribution is 2.52. The normalized spacial score (nSPS) is 22.0. The Balaban J connectivity index is 2.17. The van der Waals surface area contributed by atoms with Crippen molar-refractivity contribution in [2.24, 2.45) is 5.41 Å². The second-order valence-corrected chi connectivity index (χ2v) is 3.22. The van der Waals surface area contributed by atoms with E-state index >= 15 is 0 Å². The molecule has 1 aliphatic rings. The summed E-state index contributed by atoms with van der Waals surface area (Å²) in [7, 11) is 0. The lowest BCUT2D eigenvalue weighted by Gasteiger charge is -2.10. The molecule has 1 nitrogen and oxygen atoms in total. The summed E-state index contributed by atoms with van der Waals surface area (Å²) in [6.45, 7) is 2.61. The third-order valence-corrected chi connectivity index (χ3v) is 2.38. The van der Waals surface area contributed by atoms with Crippen molar-refractivity contribution >= 4 is 0 Å². The molecule has 0 unspecified atom stereocenters. The van der Waals surface area contributed by atoms with Gasteiger partial charge in [0.15, 0.2) is 0 Å². The standard InChI is InChI=1S/C8H16O/c1-2-3-8(4-5-8)6-7-9/h9H,2-7H2,1H3. The zero-order chi connectivity index (χ0) is 6.74. The Morgan fingerprint density at radius 3 is 2.33 bits per heavy atom. The van der Waals surface area contributed by atoms with E-state index in [0.29, 0.717) is 12.0 Å². The van der Waals surface area contributed by atoms with Crippen LogP contribution in [0.15, 0.2) is 0 Å². The van der Waals surface area contributed by atoms with Gasteiger partial charge in [0.25, 0.3) is 0 Å². The molecule has 1 heteroatoms. The lowest BCUT2D eigenvalue weighted by atomic mass is 9.97. The van der Waals surface area contributed by atoms with Gasteiger partial charge in [-0.15, -0.1) is 0 Å². The van der Waals surface area contributed by atoms with E-state index in [1.165, 1.54) is 25.7 Å². The lowest BCUT2D eigenvalue weighted by molar-refractivity contribution is 0.242. The predicted molar refractivity (Wildman–Crippen MR) is 38.3 cm³/mol. The van der Waals surface area contributed by atoms with Crippen LogP contribution in [0.2, 0.25) is 0 Å². The summed E-state index contributed by atoms with van der Waals surface area (Å²) in [5.41, 5.74) is 0.601. The second kappa shape index (κ2) is 2.70. The summed E-state index contributed by atoms with van der Waals surface area (Å²) in [5.74, 6) is 0. The molecule has 0 aliphatic heterocycles. The van der Waals surface area contributed by atoms with Gasteiger partial charge in [-0.3, -0.25) is 0 Å². The third-order valence-electron chi connectivity index (χ3n) is 2.38. The Hall–Kier alpha value is -0.0400. The third kappa shape index (κ3) is 1.68. The summed E-state index contributed by atoms with van der Waals surface area (Å²) >= 11 is 0. The summed E-state index contributed by atoms with van der Waals surface area (Å²) < 4.78 is 0. The summed E-state index contributed by atoms with van der Waals surface area (Å²) in [4.78, 5) is 0. The Morgan fingerprint density at radius 1 is 1.33 bits per heavy atom. The van der Waals surface area contributed by atoms with Crippen molar-refractivity contribution in [1.82, 2.24) is 0 Å². The van der Waals surface area contributed by atoms with Gasteiger partial charge in [-0.05, 0) is 31.1 Å². The molecule has 1 aliphatic carbocycles. The molecule has 0 bridgehead atoms. The van der Waals surface area contributed by atoms with Crippen molar-refractivity contribution < 1.29 is 5.11 Å². The van der Waals surface area contributed by atoms with Crippen molar-refractivity contribution in [1.29, 1.82) is 0 Å². The molecule has 0 aromatic heterocycles. The van der Waals surface area contributed by atoms with Gasteiger partial charge in [0.2, 0.25) is 0 Å². The molecular formula is C8H16O. The molecule has 1 fully saturated rings. The fourth-order valence-electron chi connectivity index (χ4n) is 1.57. The van der Waals surface area contributed by atoms with Crippen LogP contribution in [0.4, 0.5) is 0 Å². The highest BCUT2D eigenvalue weighted by Gasteiger charge is 2.40. The number of hydrogen-bond donors (Lipinski definition) is 1. The van der Waals surface area contributed by atoms with Crippen LogP contribution >= 0.6 is 0 Å². The maximum absolute atomic E-state index is 8.67. The van der Waals surface area contributed by atoms with Gasteiger partial charge < -0.3 is 5.11 Å². The topological polar surface area (TPSA) is 20.2 Å². The van der Waals surface area contributed by atoms with Gasteiger partial charge in [0.1, 0.15) is 0 Å². The summed E-state index contributed by atoms with van der Waals surface area (Å²) in [6, 6.07) is 0. The first-order chi connectivity index (χ1) is 4.33. The molecule has 1 N–H and O–H groups in total. The zero-order valence-corrected chi connectivity index (χ0v) is 6.19. The van der Waals surface area contributed by atoms with Crippen LogP contribution in [0.25, 0.3) is 0 Å². The van der Waals surface area contributed by atoms with Crippen LogP contribution in [-0.4, -0.2) is 11.7 Å². The van der Waals surface area contributed by atoms with Gasteiger partial charge in [0, 0.05) is 6.61 Å². The first kappa shape index (κ1) is 7.07. The molecule has 0 saturated heterocycles. The van der Waals surface area contributed by atoms with Gasteiger partial charge in [-0.25, -0.2) is 0 Å². The Bertz CT molecular complexity index is 76.6. The zero-order valence-electron chi connectivity index (χ0n) is 6.19. The molecule has 0 aromatic rings. The van der Waals surface area contributed by atoms with Gasteiger partial charge >= 0.3 is 0 Å². The van der Waals surface area contributed by atoms with Crippen LogP contribution in [0.5, 0.6) is 0 Å². The molecule has 0 radical (unpaired) electrons. The van der Waals surface area contributed by atoms with E-state index in [2.05, 4.69) is 6.92 Å². The molecule has 1 rings (SSSR count). The van der Waals surface area contributed by atoms with Crippen molar-refractivity contribution in [3.05, 3.63) is 0 Å². The van der Waals surface area contributed by atoms with E-state index in [9.17, 15) is 0 Å². The van der Waals surface area contributed by atoms with Crippen LogP contribution in [0, 0.1) is 5.41 Å². The number of hydrogen-bond acceptors (Lipinski definition) is 1. The first-order valence-electron chi connectivity index (χ1n) is 3.94. The van der Waals surface area contributed by atoms with Crippen molar-refractivity contribution in [2.45, 2.75) is 39.0 Å². The molecular weight excluding hydrogens is 112 g/mol. The fraction of sp³-hybridized carbons (Fsp3) is 1.00. The molecule has 1 saturated carbocycles. The smallest absolute Gasteiger partial charge is 0.0436 e. The predicted octanol–water partition coefficient (Wildman–Crippen LogP) is 1.95. The Kier molecular flexibility index (Phi) is 2.12. The van der Waals surface area contributed by atoms with E-state index in [0.717, 1.165) is 6.42 Å². The average Bonchev–Trinajstić information content (AvgIpc) is 2.51. The first-order valence-corrected chi connectivity index (χ1v) is 3.94. The minimum Gasteiger partial charge on any atom is -0.396 e. The van der Waals surface area contributed by atoms with E-state index in [4.69, 9.17) is 5.11 Å². The molecule has 0 heterocycles.